The molecule has 3 aromatic carbocycles. The van der Waals surface area contributed by atoms with Crippen LogP contribution in [0.5, 0.6) is 11.5 Å². The molecule has 2 heterocycles. The van der Waals surface area contributed by atoms with Gasteiger partial charge >= 0.3 is 0 Å². The van der Waals surface area contributed by atoms with Gasteiger partial charge in [0.25, 0.3) is 11.2 Å². The van der Waals surface area contributed by atoms with Gasteiger partial charge in [-0.2, -0.15) is 0 Å². The molecule has 0 unspecified atom stereocenters. The first kappa shape index (κ1) is 21.6. The molecule has 0 N–H and O–H groups in total. The van der Waals surface area contributed by atoms with Gasteiger partial charge in [-0.1, -0.05) is 41.7 Å². The molecule has 0 spiro atoms. The second kappa shape index (κ2) is 9.32. The lowest BCUT2D eigenvalue weighted by Crippen LogP contribution is -2.22. The summed E-state index contributed by atoms with van der Waals surface area (Å²) in [6.45, 7) is 0.823. The smallest absolute Gasteiger partial charge is 0.274 e. The van der Waals surface area contributed by atoms with Gasteiger partial charge < -0.3 is 9.47 Å². The fraction of sp³-hybridized carbons (Fsp3) is 0.120. The van der Waals surface area contributed by atoms with Crippen molar-refractivity contribution in [2.75, 3.05) is 13.2 Å². The zero-order valence-electron chi connectivity index (χ0n) is 17.9. The zero-order valence-corrected chi connectivity index (χ0v) is 18.7. The largest absolute Gasteiger partial charge is 0.493 e. The summed E-state index contributed by atoms with van der Waals surface area (Å²) >= 11 is 1.24. The van der Waals surface area contributed by atoms with E-state index in [4.69, 9.17) is 9.47 Å². The molecular weight excluding hydrogens is 454 g/mol. The summed E-state index contributed by atoms with van der Waals surface area (Å²) in [6, 6.07) is 21.3. The highest BCUT2D eigenvalue weighted by atomic mass is 32.1. The number of non-ortho nitro benzene ring substituents is 1. The lowest BCUT2D eigenvalue weighted by atomic mass is 10.1. The van der Waals surface area contributed by atoms with Gasteiger partial charge in [0.15, 0.2) is 4.96 Å². The van der Waals surface area contributed by atoms with Crippen LogP contribution in [0.15, 0.2) is 77.6 Å². The maximum Gasteiger partial charge on any atom is 0.274 e. The van der Waals surface area contributed by atoms with E-state index in [1.165, 1.54) is 23.5 Å². The van der Waals surface area contributed by atoms with Crippen LogP contribution in [0, 0.1) is 10.1 Å². The summed E-state index contributed by atoms with van der Waals surface area (Å²) in [5.74, 6) is 1.24. The highest BCUT2D eigenvalue weighted by molar-refractivity contribution is 7.15. The van der Waals surface area contributed by atoms with Crippen molar-refractivity contribution in [1.29, 1.82) is 0 Å². The fourth-order valence-corrected chi connectivity index (χ4v) is 4.57. The molecule has 0 atom stereocenters. The van der Waals surface area contributed by atoms with Crippen molar-refractivity contribution < 1.29 is 14.4 Å². The number of ether oxygens (including phenoxy) is 2. The van der Waals surface area contributed by atoms with Crippen molar-refractivity contribution in [3.05, 3.63) is 103 Å². The molecule has 34 heavy (non-hydrogen) atoms. The second-order valence-electron chi connectivity index (χ2n) is 7.48. The van der Waals surface area contributed by atoms with Crippen LogP contribution in [0.2, 0.25) is 0 Å². The maximum atomic E-state index is 13.1. The second-order valence-corrected chi connectivity index (χ2v) is 8.49. The summed E-state index contributed by atoms with van der Waals surface area (Å²) in [6.07, 6.45) is 2.25. The van der Waals surface area contributed by atoms with E-state index in [1.807, 2.05) is 54.6 Å². The molecule has 0 aliphatic heterocycles. The van der Waals surface area contributed by atoms with Crippen LogP contribution < -0.4 is 19.6 Å². The molecule has 170 valence electrons. The maximum absolute atomic E-state index is 13.1. The Morgan fingerprint density at radius 1 is 1.00 bits per heavy atom. The van der Waals surface area contributed by atoms with Crippen molar-refractivity contribution in [2.45, 2.75) is 6.42 Å². The molecule has 0 saturated heterocycles. The van der Waals surface area contributed by atoms with Crippen molar-refractivity contribution in [3.63, 3.8) is 0 Å². The molecule has 0 saturated carbocycles. The van der Waals surface area contributed by atoms with Gasteiger partial charge in [0.05, 0.1) is 33.7 Å². The number of para-hydroxylation sites is 3. The first-order valence-electron chi connectivity index (χ1n) is 10.6. The number of aromatic nitrogens is 2. The molecule has 5 rings (SSSR count). The molecular formula is C25H19N3O5S. The van der Waals surface area contributed by atoms with Crippen LogP contribution >= 0.6 is 11.3 Å². The van der Waals surface area contributed by atoms with Gasteiger partial charge in [0.1, 0.15) is 11.5 Å². The molecule has 8 nitrogen and oxygen atoms in total. The highest BCUT2D eigenvalue weighted by Gasteiger charge is 2.14. The highest BCUT2D eigenvalue weighted by Crippen LogP contribution is 2.25. The number of nitro benzene ring substituents is 1. The molecule has 0 fully saturated rings. The summed E-state index contributed by atoms with van der Waals surface area (Å²) in [5.41, 5.74) is 1.64. The Morgan fingerprint density at radius 3 is 2.59 bits per heavy atom. The molecule has 5 aromatic rings. The number of hydrogen-bond donors (Lipinski definition) is 0. The Bertz CT molecular complexity index is 1590. The van der Waals surface area contributed by atoms with Crippen LogP contribution in [0.4, 0.5) is 5.69 Å². The monoisotopic (exact) mass is 473 g/mol. The molecule has 2 aromatic heterocycles. The van der Waals surface area contributed by atoms with Crippen LogP contribution in [0.25, 0.3) is 22.1 Å². The lowest BCUT2D eigenvalue weighted by Gasteiger charge is -2.10. The third-order valence-corrected chi connectivity index (χ3v) is 6.16. The van der Waals surface area contributed by atoms with E-state index in [0.29, 0.717) is 40.4 Å². The van der Waals surface area contributed by atoms with Crippen LogP contribution in [0.1, 0.15) is 12.0 Å². The Labute approximate surface area is 197 Å². The zero-order chi connectivity index (χ0) is 23.5. The van der Waals surface area contributed by atoms with E-state index in [9.17, 15) is 14.9 Å². The molecule has 0 amide bonds. The lowest BCUT2D eigenvalue weighted by molar-refractivity contribution is -0.384. The number of hydrogen-bond acceptors (Lipinski definition) is 7. The normalized spacial score (nSPS) is 11.8. The van der Waals surface area contributed by atoms with Gasteiger partial charge in [-0.25, -0.2) is 9.38 Å². The summed E-state index contributed by atoms with van der Waals surface area (Å²) in [4.78, 5) is 29.0. The number of thiazole rings is 1. The first-order chi connectivity index (χ1) is 16.6. The van der Waals surface area contributed by atoms with E-state index >= 15 is 0 Å². The van der Waals surface area contributed by atoms with E-state index in [1.54, 1.807) is 16.5 Å². The van der Waals surface area contributed by atoms with Gasteiger partial charge in [-0.3, -0.25) is 14.9 Å². The predicted molar refractivity (Wildman–Crippen MR) is 131 cm³/mol. The topological polar surface area (TPSA) is 96.0 Å². The van der Waals surface area contributed by atoms with Gasteiger partial charge in [-0.05, 0) is 36.4 Å². The molecule has 0 bridgehead atoms. The molecule has 9 heteroatoms. The number of benzene rings is 3. The van der Waals surface area contributed by atoms with E-state index in [2.05, 4.69) is 4.98 Å². The van der Waals surface area contributed by atoms with E-state index < -0.39 is 4.92 Å². The van der Waals surface area contributed by atoms with E-state index in [-0.39, 0.29) is 11.2 Å². The summed E-state index contributed by atoms with van der Waals surface area (Å²) in [7, 11) is 0. The van der Waals surface area contributed by atoms with Crippen molar-refractivity contribution in [1.82, 2.24) is 9.38 Å². The van der Waals surface area contributed by atoms with E-state index in [0.717, 1.165) is 16.8 Å². The Balaban J connectivity index is 1.41. The number of imidazole rings is 1. The summed E-state index contributed by atoms with van der Waals surface area (Å²) < 4.78 is 13.5. The van der Waals surface area contributed by atoms with Crippen LogP contribution in [-0.2, 0) is 0 Å². The Kier molecular flexibility index (Phi) is 5.92. The first-order valence-corrected chi connectivity index (χ1v) is 11.4. The number of rotatable bonds is 8. The quantitative estimate of drug-likeness (QED) is 0.190. The molecule has 0 aliphatic rings. The minimum atomic E-state index is -0.471. The predicted octanol–water partition coefficient (Wildman–Crippen LogP) is 4.21. The number of nitro groups is 1. The molecule has 0 radical (unpaired) electrons. The van der Waals surface area contributed by atoms with Crippen molar-refractivity contribution in [3.8, 4) is 11.5 Å². The van der Waals surface area contributed by atoms with Crippen molar-refractivity contribution >= 4 is 39.1 Å². The minimum absolute atomic E-state index is 0.0785. The summed E-state index contributed by atoms with van der Waals surface area (Å²) in [5, 5.41) is 11.3. The average molecular weight is 474 g/mol. The Hall–Kier alpha value is -4.24. The fourth-order valence-electron chi connectivity index (χ4n) is 3.59. The third kappa shape index (κ3) is 4.33. The number of nitrogens with zero attached hydrogens (tertiary/aromatic N) is 3. The standard InChI is InChI=1S/C25H19N3O5S/c29-24-23(34-25-26-20-9-4-5-10-21(20)27(24)25)16-17-15-18(28(30)31)11-12-22(17)33-14-6-13-32-19-7-2-1-3-8-19/h1-5,7-12,15-16H,6,13-14H2/b23-16-. The average Bonchev–Trinajstić information content (AvgIpc) is 3.36. The Morgan fingerprint density at radius 2 is 1.76 bits per heavy atom. The van der Waals surface area contributed by atoms with Crippen LogP contribution in [-0.4, -0.2) is 27.5 Å². The third-order valence-electron chi connectivity index (χ3n) is 5.19. The minimum Gasteiger partial charge on any atom is -0.493 e. The SMILES string of the molecule is O=c1/c(=C/c2cc([N+](=O)[O-])ccc2OCCCOc2ccccc2)sc2nc3ccccc3n12. The van der Waals surface area contributed by atoms with Gasteiger partial charge in [0, 0.05) is 24.1 Å². The van der Waals surface area contributed by atoms with Gasteiger partial charge in [-0.15, -0.1) is 0 Å². The van der Waals surface area contributed by atoms with Crippen molar-refractivity contribution in [2.24, 2.45) is 0 Å². The number of fused-ring (bicyclic) bond motifs is 3. The van der Waals surface area contributed by atoms with Crippen LogP contribution in [0.3, 0.4) is 0 Å². The molecule has 0 aliphatic carbocycles. The van der Waals surface area contributed by atoms with Gasteiger partial charge in [0.2, 0.25) is 0 Å².